The first-order chi connectivity index (χ1) is 7.29. The molecule has 0 aliphatic rings. The van der Waals surface area contributed by atoms with Gasteiger partial charge in [0, 0.05) is 5.56 Å². The van der Waals surface area contributed by atoms with Crippen LogP contribution in [0.3, 0.4) is 0 Å². The molecular weight excluding hydrogens is 228 g/mol. The van der Waals surface area contributed by atoms with Gasteiger partial charge in [0.2, 0.25) is 0 Å². The number of carbonyl (C=O) groups excluding carboxylic acids is 1. The van der Waals surface area contributed by atoms with Crippen LogP contribution in [0, 0.1) is 6.92 Å². The van der Waals surface area contributed by atoms with E-state index in [2.05, 4.69) is 4.18 Å². The van der Waals surface area contributed by atoms with Crippen molar-refractivity contribution in [2.24, 2.45) is 0 Å². The van der Waals surface area contributed by atoms with Crippen LogP contribution in [0.1, 0.15) is 22.8 Å². The minimum absolute atomic E-state index is 0.342. The molecule has 1 aromatic carbocycles. The Morgan fingerprint density at radius 3 is 2.19 bits per heavy atom. The monoisotopic (exact) mass is 242 g/mol. The highest BCUT2D eigenvalue weighted by molar-refractivity contribution is 7.86. The molecule has 1 aromatic rings. The number of carbonyl (C=O) groups is 1. The van der Waals surface area contributed by atoms with E-state index >= 15 is 0 Å². The predicted octanol–water partition coefficient (Wildman–Crippen LogP) is 1.54. The molecule has 0 bridgehead atoms. The quantitative estimate of drug-likeness (QED) is 0.593. The van der Waals surface area contributed by atoms with Crippen LogP contribution in [0.2, 0.25) is 0 Å². The number of benzene rings is 1. The SMILES string of the molecule is Cc1ccc(C(=O)[C@@H](C)OS(C)(=O)=O)cc1. The molecule has 0 heterocycles. The molecule has 0 amide bonds. The third-order valence-electron chi connectivity index (χ3n) is 2.02. The molecule has 88 valence electrons. The number of hydrogen-bond donors (Lipinski definition) is 0. The number of hydrogen-bond acceptors (Lipinski definition) is 4. The smallest absolute Gasteiger partial charge is 0.265 e. The van der Waals surface area contributed by atoms with Crippen molar-refractivity contribution < 1.29 is 17.4 Å². The van der Waals surface area contributed by atoms with Crippen molar-refractivity contribution in [3.63, 3.8) is 0 Å². The maximum absolute atomic E-state index is 11.7. The topological polar surface area (TPSA) is 60.4 Å². The van der Waals surface area contributed by atoms with E-state index in [1.807, 2.05) is 6.92 Å². The summed E-state index contributed by atoms with van der Waals surface area (Å²) in [5, 5.41) is 0. The molecule has 0 aromatic heterocycles. The largest absolute Gasteiger partial charge is 0.291 e. The van der Waals surface area contributed by atoms with E-state index in [-0.39, 0.29) is 5.78 Å². The lowest BCUT2D eigenvalue weighted by Crippen LogP contribution is -2.23. The second kappa shape index (κ2) is 4.76. The second-order valence-electron chi connectivity index (χ2n) is 3.67. The van der Waals surface area contributed by atoms with E-state index in [1.54, 1.807) is 24.3 Å². The van der Waals surface area contributed by atoms with Crippen LogP contribution in [0.5, 0.6) is 0 Å². The van der Waals surface area contributed by atoms with Crippen LogP contribution in [-0.2, 0) is 14.3 Å². The molecule has 0 spiro atoms. The van der Waals surface area contributed by atoms with Gasteiger partial charge in [-0.05, 0) is 13.8 Å². The fourth-order valence-corrected chi connectivity index (χ4v) is 1.87. The van der Waals surface area contributed by atoms with Gasteiger partial charge in [0.25, 0.3) is 10.1 Å². The van der Waals surface area contributed by atoms with Crippen molar-refractivity contribution >= 4 is 15.9 Å². The molecule has 5 heteroatoms. The van der Waals surface area contributed by atoms with Gasteiger partial charge in [-0.2, -0.15) is 8.42 Å². The van der Waals surface area contributed by atoms with Gasteiger partial charge in [-0.1, -0.05) is 29.8 Å². The standard InChI is InChI=1S/C11H14O4S/c1-8-4-6-10(7-5-8)11(12)9(2)15-16(3,13)14/h4-7,9H,1-3H3/t9-/m1/s1. The highest BCUT2D eigenvalue weighted by atomic mass is 32.2. The van der Waals surface area contributed by atoms with Crippen LogP contribution < -0.4 is 0 Å². The molecule has 0 aliphatic carbocycles. The van der Waals surface area contributed by atoms with E-state index in [1.165, 1.54) is 6.92 Å². The van der Waals surface area contributed by atoms with Gasteiger partial charge in [0.1, 0.15) is 6.10 Å². The fraction of sp³-hybridized carbons (Fsp3) is 0.364. The maximum Gasteiger partial charge on any atom is 0.265 e. The van der Waals surface area contributed by atoms with Crippen molar-refractivity contribution in [1.82, 2.24) is 0 Å². The van der Waals surface area contributed by atoms with Gasteiger partial charge in [0.05, 0.1) is 6.26 Å². The highest BCUT2D eigenvalue weighted by Gasteiger charge is 2.19. The van der Waals surface area contributed by atoms with Gasteiger partial charge < -0.3 is 0 Å². The zero-order valence-corrected chi connectivity index (χ0v) is 10.2. The molecular formula is C11H14O4S. The van der Waals surface area contributed by atoms with Gasteiger partial charge >= 0.3 is 0 Å². The summed E-state index contributed by atoms with van der Waals surface area (Å²) < 4.78 is 26.3. The minimum Gasteiger partial charge on any atom is -0.291 e. The normalized spacial score (nSPS) is 13.4. The average molecular weight is 242 g/mol. The average Bonchev–Trinajstić information content (AvgIpc) is 2.15. The summed E-state index contributed by atoms with van der Waals surface area (Å²) in [5.41, 5.74) is 1.48. The summed E-state index contributed by atoms with van der Waals surface area (Å²) in [4.78, 5) is 11.7. The van der Waals surface area contributed by atoms with Crippen LogP contribution >= 0.6 is 0 Å². The molecule has 16 heavy (non-hydrogen) atoms. The van der Waals surface area contributed by atoms with Gasteiger partial charge in [-0.25, -0.2) is 0 Å². The summed E-state index contributed by atoms with van der Waals surface area (Å²) in [6, 6.07) is 6.89. The van der Waals surface area contributed by atoms with Crippen molar-refractivity contribution in [2.75, 3.05) is 6.26 Å². The Bertz CT molecular complexity index is 473. The summed E-state index contributed by atoms with van der Waals surface area (Å²) in [5.74, 6) is -0.342. The zero-order chi connectivity index (χ0) is 12.3. The summed E-state index contributed by atoms with van der Waals surface area (Å²) in [7, 11) is -3.61. The molecule has 0 radical (unpaired) electrons. The van der Waals surface area contributed by atoms with Crippen LogP contribution in [0.4, 0.5) is 0 Å². The van der Waals surface area contributed by atoms with Crippen LogP contribution in [0.15, 0.2) is 24.3 Å². The lowest BCUT2D eigenvalue weighted by molar-refractivity contribution is 0.0827. The lowest BCUT2D eigenvalue weighted by atomic mass is 10.1. The van der Waals surface area contributed by atoms with Gasteiger partial charge in [-0.15, -0.1) is 0 Å². The van der Waals surface area contributed by atoms with Crippen molar-refractivity contribution in [3.8, 4) is 0 Å². The maximum atomic E-state index is 11.7. The summed E-state index contributed by atoms with van der Waals surface area (Å²) >= 11 is 0. The van der Waals surface area contributed by atoms with E-state index in [0.717, 1.165) is 11.8 Å². The summed E-state index contributed by atoms with van der Waals surface area (Å²) in [6.45, 7) is 3.33. The van der Waals surface area contributed by atoms with Crippen molar-refractivity contribution in [2.45, 2.75) is 20.0 Å². The Balaban J connectivity index is 2.82. The van der Waals surface area contributed by atoms with E-state index in [0.29, 0.717) is 5.56 Å². The third kappa shape index (κ3) is 3.75. The van der Waals surface area contributed by atoms with Gasteiger partial charge in [-0.3, -0.25) is 8.98 Å². The first kappa shape index (κ1) is 12.9. The Hall–Kier alpha value is -1.20. The number of Topliss-reactive ketones (excluding diaryl/α,β-unsaturated/α-hetero) is 1. The molecule has 0 aliphatic heterocycles. The first-order valence-electron chi connectivity index (χ1n) is 4.79. The molecule has 0 fully saturated rings. The van der Waals surface area contributed by atoms with Crippen molar-refractivity contribution in [3.05, 3.63) is 35.4 Å². The molecule has 0 saturated heterocycles. The van der Waals surface area contributed by atoms with Gasteiger partial charge in [0.15, 0.2) is 5.78 Å². The highest BCUT2D eigenvalue weighted by Crippen LogP contribution is 2.09. The van der Waals surface area contributed by atoms with Crippen molar-refractivity contribution in [1.29, 1.82) is 0 Å². The number of ketones is 1. The number of aryl methyl sites for hydroxylation is 1. The molecule has 0 saturated carbocycles. The molecule has 1 rings (SSSR count). The Morgan fingerprint density at radius 1 is 1.25 bits per heavy atom. The minimum atomic E-state index is -3.61. The lowest BCUT2D eigenvalue weighted by Gasteiger charge is -2.09. The third-order valence-corrected chi connectivity index (χ3v) is 2.66. The molecule has 0 unspecified atom stereocenters. The van der Waals surface area contributed by atoms with E-state index in [4.69, 9.17) is 0 Å². The molecule has 4 nitrogen and oxygen atoms in total. The number of rotatable bonds is 4. The Labute approximate surface area is 95.4 Å². The Morgan fingerprint density at radius 2 is 1.75 bits per heavy atom. The molecule has 1 atom stereocenters. The summed E-state index contributed by atoms with van der Waals surface area (Å²) in [6.07, 6.45) is -0.0657. The predicted molar refractivity (Wildman–Crippen MR) is 60.9 cm³/mol. The second-order valence-corrected chi connectivity index (χ2v) is 5.27. The molecule has 0 N–H and O–H groups in total. The zero-order valence-electron chi connectivity index (χ0n) is 9.43. The van der Waals surface area contributed by atoms with Crippen LogP contribution in [0.25, 0.3) is 0 Å². The fourth-order valence-electron chi connectivity index (χ4n) is 1.26. The van der Waals surface area contributed by atoms with E-state index in [9.17, 15) is 13.2 Å². The van der Waals surface area contributed by atoms with Crippen LogP contribution in [-0.4, -0.2) is 26.6 Å². The first-order valence-corrected chi connectivity index (χ1v) is 6.60. The van der Waals surface area contributed by atoms with E-state index < -0.39 is 16.2 Å². The Kier molecular flexibility index (Phi) is 3.83.